The van der Waals surface area contributed by atoms with Crippen LogP contribution in [-0.2, 0) is 4.79 Å². The number of anilines is 1. The molecule has 1 fully saturated rings. The number of amides is 2. The van der Waals surface area contributed by atoms with Crippen molar-refractivity contribution in [1.82, 2.24) is 4.90 Å². The molecule has 2 amide bonds. The second-order valence-electron chi connectivity index (χ2n) is 7.11. The smallest absolute Gasteiger partial charge is 0.253 e. The number of benzene rings is 2. The molecule has 1 atom stereocenters. The molecule has 29 heavy (non-hydrogen) atoms. The standard InChI is InChI=1S/C22H25ClN2O4/c1-14-11-19(28-2)20(29-3)12-18(14)24-21(26)16-5-4-10-25(13-16)22(27)15-6-8-17(23)9-7-15/h6-9,11-12,16H,4-5,10,13H2,1-3H3,(H,24,26). The Bertz CT molecular complexity index is 898. The molecular formula is C22H25ClN2O4. The van der Waals surface area contributed by atoms with E-state index in [2.05, 4.69) is 5.32 Å². The van der Waals surface area contributed by atoms with Crippen LogP contribution in [0.5, 0.6) is 11.5 Å². The van der Waals surface area contributed by atoms with E-state index in [4.69, 9.17) is 21.1 Å². The minimum atomic E-state index is -0.271. The molecule has 1 heterocycles. The maximum Gasteiger partial charge on any atom is 0.253 e. The van der Waals surface area contributed by atoms with Crippen molar-refractivity contribution in [2.24, 2.45) is 5.92 Å². The molecule has 0 aliphatic carbocycles. The minimum absolute atomic E-state index is 0.0820. The number of ether oxygens (including phenoxy) is 2. The van der Waals surface area contributed by atoms with Crippen LogP contribution in [0.4, 0.5) is 5.69 Å². The van der Waals surface area contributed by atoms with Crippen LogP contribution >= 0.6 is 11.6 Å². The van der Waals surface area contributed by atoms with E-state index in [9.17, 15) is 9.59 Å². The van der Waals surface area contributed by atoms with Crippen LogP contribution in [0.15, 0.2) is 36.4 Å². The first-order chi connectivity index (χ1) is 13.9. The van der Waals surface area contributed by atoms with Gasteiger partial charge in [0.25, 0.3) is 5.91 Å². The highest BCUT2D eigenvalue weighted by Gasteiger charge is 2.29. The van der Waals surface area contributed by atoms with Gasteiger partial charge in [0.2, 0.25) is 5.91 Å². The lowest BCUT2D eigenvalue weighted by Gasteiger charge is -2.32. The zero-order valence-electron chi connectivity index (χ0n) is 16.8. The molecule has 6 nitrogen and oxygen atoms in total. The molecule has 2 aromatic carbocycles. The Morgan fingerprint density at radius 1 is 1.10 bits per heavy atom. The number of carbonyl (C=O) groups is 2. The summed E-state index contributed by atoms with van der Waals surface area (Å²) in [5.74, 6) is 0.708. The molecular weight excluding hydrogens is 392 g/mol. The highest BCUT2D eigenvalue weighted by molar-refractivity contribution is 6.30. The molecule has 154 valence electrons. The molecule has 0 bridgehead atoms. The topological polar surface area (TPSA) is 67.9 Å². The Hall–Kier alpha value is -2.73. The van der Waals surface area contributed by atoms with Gasteiger partial charge >= 0.3 is 0 Å². The summed E-state index contributed by atoms with van der Waals surface area (Å²) in [5.41, 5.74) is 2.13. The van der Waals surface area contributed by atoms with Gasteiger partial charge in [-0.1, -0.05) is 11.6 Å². The summed E-state index contributed by atoms with van der Waals surface area (Å²) in [6.45, 7) is 2.93. The van der Waals surface area contributed by atoms with E-state index in [0.29, 0.717) is 40.9 Å². The monoisotopic (exact) mass is 416 g/mol. The number of nitrogens with one attached hydrogen (secondary N) is 1. The summed E-state index contributed by atoms with van der Waals surface area (Å²) >= 11 is 5.90. The molecule has 0 radical (unpaired) electrons. The van der Waals surface area contributed by atoms with Crippen molar-refractivity contribution in [3.63, 3.8) is 0 Å². The fourth-order valence-corrected chi connectivity index (χ4v) is 3.63. The molecule has 0 spiro atoms. The average Bonchev–Trinajstić information content (AvgIpc) is 2.74. The fourth-order valence-electron chi connectivity index (χ4n) is 3.50. The summed E-state index contributed by atoms with van der Waals surface area (Å²) in [4.78, 5) is 27.4. The first-order valence-corrected chi connectivity index (χ1v) is 9.89. The van der Waals surface area contributed by atoms with Gasteiger partial charge in [-0.05, 0) is 55.7 Å². The first kappa shape index (κ1) is 21.0. The molecule has 1 N–H and O–H groups in total. The van der Waals surface area contributed by atoms with E-state index in [-0.39, 0.29) is 17.7 Å². The predicted molar refractivity (Wildman–Crippen MR) is 113 cm³/mol. The number of halogens is 1. The van der Waals surface area contributed by atoms with Gasteiger partial charge in [0.05, 0.1) is 20.1 Å². The molecule has 1 aliphatic heterocycles. The molecule has 3 rings (SSSR count). The van der Waals surface area contributed by atoms with E-state index in [1.165, 1.54) is 0 Å². The number of hydrogen-bond acceptors (Lipinski definition) is 4. The third kappa shape index (κ3) is 4.82. The van der Waals surface area contributed by atoms with Crippen molar-refractivity contribution in [1.29, 1.82) is 0 Å². The number of likely N-dealkylation sites (tertiary alicyclic amines) is 1. The molecule has 1 aliphatic rings. The van der Waals surface area contributed by atoms with Gasteiger partial charge in [0, 0.05) is 35.4 Å². The highest BCUT2D eigenvalue weighted by Crippen LogP contribution is 2.33. The van der Waals surface area contributed by atoms with Crippen molar-refractivity contribution in [2.75, 3.05) is 32.6 Å². The number of carbonyl (C=O) groups excluding carboxylic acids is 2. The summed E-state index contributed by atoms with van der Waals surface area (Å²) in [7, 11) is 3.13. The summed E-state index contributed by atoms with van der Waals surface area (Å²) < 4.78 is 10.6. The number of hydrogen-bond donors (Lipinski definition) is 1. The number of rotatable bonds is 5. The van der Waals surface area contributed by atoms with Gasteiger partial charge in [0.15, 0.2) is 11.5 Å². The molecule has 2 aromatic rings. The highest BCUT2D eigenvalue weighted by atomic mass is 35.5. The third-order valence-electron chi connectivity index (χ3n) is 5.16. The number of nitrogens with zero attached hydrogens (tertiary/aromatic N) is 1. The fraction of sp³-hybridized carbons (Fsp3) is 0.364. The van der Waals surface area contributed by atoms with Gasteiger partial charge < -0.3 is 19.7 Å². The summed E-state index contributed by atoms with van der Waals surface area (Å²) in [5, 5.41) is 3.57. The van der Waals surface area contributed by atoms with Crippen LogP contribution < -0.4 is 14.8 Å². The Labute approximate surface area is 175 Å². The summed E-state index contributed by atoms with van der Waals surface area (Å²) in [6.07, 6.45) is 1.52. The van der Waals surface area contributed by atoms with E-state index < -0.39 is 0 Å². The maximum atomic E-state index is 12.9. The minimum Gasteiger partial charge on any atom is -0.493 e. The van der Waals surface area contributed by atoms with Crippen molar-refractivity contribution >= 4 is 29.1 Å². The lowest BCUT2D eigenvalue weighted by Crippen LogP contribution is -2.43. The predicted octanol–water partition coefficient (Wildman–Crippen LogP) is 4.16. The maximum absolute atomic E-state index is 12.9. The zero-order chi connectivity index (χ0) is 21.0. The molecule has 7 heteroatoms. The van der Waals surface area contributed by atoms with E-state index in [1.54, 1.807) is 49.5 Å². The van der Waals surface area contributed by atoms with E-state index in [0.717, 1.165) is 18.4 Å². The normalized spacial score (nSPS) is 16.3. The van der Waals surface area contributed by atoms with Gasteiger partial charge in [-0.25, -0.2) is 0 Å². The van der Waals surface area contributed by atoms with Crippen LogP contribution in [0.1, 0.15) is 28.8 Å². The third-order valence-corrected chi connectivity index (χ3v) is 5.41. The quantitative estimate of drug-likeness (QED) is 0.794. The average molecular weight is 417 g/mol. The number of piperidine rings is 1. The van der Waals surface area contributed by atoms with Gasteiger partial charge in [-0.3, -0.25) is 9.59 Å². The lowest BCUT2D eigenvalue weighted by atomic mass is 9.96. The Balaban J connectivity index is 1.70. The second kappa shape index (κ2) is 9.18. The van der Waals surface area contributed by atoms with Crippen molar-refractivity contribution in [3.8, 4) is 11.5 Å². The van der Waals surface area contributed by atoms with E-state index >= 15 is 0 Å². The van der Waals surface area contributed by atoms with Crippen molar-refractivity contribution in [2.45, 2.75) is 19.8 Å². The SMILES string of the molecule is COc1cc(C)c(NC(=O)C2CCCN(C(=O)c3ccc(Cl)cc3)C2)cc1OC. The number of methoxy groups -OCH3 is 2. The summed E-state index contributed by atoms with van der Waals surface area (Å²) in [6, 6.07) is 10.4. The van der Waals surface area contributed by atoms with Crippen LogP contribution in [0.25, 0.3) is 0 Å². The largest absolute Gasteiger partial charge is 0.493 e. The molecule has 1 saturated heterocycles. The second-order valence-corrected chi connectivity index (χ2v) is 7.55. The molecule has 1 unspecified atom stereocenters. The van der Waals surface area contributed by atoms with Gasteiger partial charge in [0.1, 0.15) is 0 Å². The van der Waals surface area contributed by atoms with Gasteiger partial charge in [-0.15, -0.1) is 0 Å². The zero-order valence-corrected chi connectivity index (χ0v) is 17.6. The van der Waals surface area contributed by atoms with Gasteiger partial charge in [-0.2, -0.15) is 0 Å². The van der Waals surface area contributed by atoms with Crippen LogP contribution in [-0.4, -0.2) is 44.0 Å². The van der Waals surface area contributed by atoms with Crippen LogP contribution in [0.3, 0.4) is 0 Å². The van der Waals surface area contributed by atoms with Crippen molar-refractivity contribution < 1.29 is 19.1 Å². The molecule has 0 saturated carbocycles. The van der Waals surface area contributed by atoms with Crippen LogP contribution in [0, 0.1) is 12.8 Å². The van der Waals surface area contributed by atoms with Crippen molar-refractivity contribution in [3.05, 3.63) is 52.5 Å². The number of aryl methyl sites for hydroxylation is 1. The Morgan fingerprint density at radius 2 is 1.76 bits per heavy atom. The Kier molecular flexibility index (Phi) is 6.64. The van der Waals surface area contributed by atoms with Crippen LogP contribution in [0.2, 0.25) is 5.02 Å². The first-order valence-electron chi connectivity index (χ1n) is 9.51. The lowest BCUT2D eigenvalue weighted by molar-refractivity contribution is -0.121. The Morgan fingerprint density at radius 3 is 2.41 bits per heavy atom. The van der Waals surface area contributed by atoms with E-state index in [1.807, 2.05) is 13.0 Å². The molecule has 0 aromatic heterocycles.